The number of thioether (sulfide) groups is 1. The largest absolute Gasteiger partial charge is 0.481 e. The summed E-state index contributed by atoms with van der Waals surface area (Å²) >= 11 is 0.857. The van der Waals surface area contributed by atoms with Crippen LogP contribution >= 0.6 is 20.2 Å². The van der Waals surface area contributed by atoms with Crippen LogP contribution in [0.1, 0.15) is 13.8 Å². The van der Waals surface area contributed by atoms with Crippen molar-refractivity contribution in [2.45, 2.75) is 18.7 Å². The SMILES string of the molecule is CCOC(OCC)(P=O)SCC(=O)O. The standard InChI is InChI=1S/C7H13O5PS/c1-3-11-7(13-10,12-4-2)14-5-6(8)9/h3-5H2,1-2H3,(H,8,9). The van der Waals surface area contributed by atoms with E-state index in [-0.39, 0.29) is 14.2 Å². The summed E-state index contributed by atoms with van der Waals surface area (Å²) in [5.74, 6) is -1.21. The maximum atomic E-state index is 10.9. The van der Waals surface area contributed by atoms with Crippen LogP contribution in [0.15, 0.2) is 0 Å². The molecule has 0 aliphatic carbocycles. The van der Waals surface area contributed by atoms with Crippen molar-refractivity contribution in [1.82, 2.24) is 0 Å². The van der Waals surface area contributed by atoms with Gasteiger partial charge in [-0.25, -0.2) is 0 Å². The van der Waals surface area contributed by atoms with Crippen LogP contribution < -0.4 is 0 Å². The Bertz CT molecular complexity index is 193. The van der Waals surface area contributed by atoms with Crippen molar-refractivity contribution < 1.29 is 23.9 Å². The highest BCUT2D eigenvalue weighted by atomic mass is 32.2. The highest BCUT2D eigenvalue weighted by Crippen LogP contribution is 2.38. The molecule has 0 aromatic carbocycles. The number of rotatable bonds is 8. The molecule has 0 aliphatic rings. The molecular formula is C7H13O5PS. The Balaban J connectivity index is 4.31. The molecule has 0 bridgehead atoms. The van der Waals surface area contributed by atoms with Crippen molar-refractivity contribution in [2.75, 3.05) is 19.0 Å². The van der Waals surface area contributed by atoms with E-state index >= 15 is 0 Å². The van der Waals surface area contributed by atoms with Crippen LogP contribution in [-0.4, -0.2) is 34.9 Å². The van der Waals surface area contributed by atoms with Gasteiger partial charge in [0.05, 0.1) is 5.75 Å². The summed E-state index contributed by atoms with van der Waals surface area (Å²) in [5, 5.41) is 8.47. The third-order valence-electron chi connectivity index (χ3n) is 1.14. The van der Waals surface area contributed by atoms with E-state index in [2.05, 4.69) is 0 Å². The molecule has 0 atom stereocenters. The van der Waals surface area contributed by atoms with Crippen LogP contribution in [0.4, 0.5) is 0 Å². The minimum Gasteiger partial charge on any atom is -0.481 e. The van der Waals surface area contributed by atoms with Crippen LogP contribution in [0.5, 0.6) is 0 Å². The van der Waals surface area contributed by atoms with Gasteiger partial charge in [0.25, 0.3) is 0 Å². The van der Waals surface area contributed by atoms with Crippen molar-refractivity contribution in [3.63, 3.8) is 0 Å². The molecule has 0 aromatic rings. The molecule has 5 nitrogen and oxygen atoms in total. The molecular weight excluding hydrogens is 227 g/mol. The Labute approximate surface area is 88.4 Å². The van der Waals surface area contributed by atoms with Gasteiger partial charge in [-0.05, 0) is 13.8 Å². The van der Waals surface area contributed by atoms with Gasteiger partial charge in [0.15, 0.2) is 0 Å². The van der Waals surface area contributed by atoms with Crippen molar-refractivity contribution >= 4 is 26.2 Å². The first-order valence-electron chi connectivity index (χ1n) is 4.08. The van der Waals surface area contributed by atoms with Gasteiger partial charge in [-0.15, -0.1) is 0 Å². The average molecular weight is 240 g/mol. The lowest BCUT2D eigenvalue weighted by Crippen LogP contribution is -2.27. The van der Waals surface area contributed by atoms with Gasteiger partial charge in [0.2, 0.25) is 8.46 Å². The summed E-state index contributed by atoms with van der Waals surface area (Å²) in [6.07, 6.45) is 0. The molecule has 0 radical (unpaired) electrons. The second-order valence-corrected chi connectivity index (χ2v) is 4.35. The Morgan fingerprint density at radius 3 is 2.21 bits per heavy atom. The number of hydrogen-bond donors (Lipinski definition) is 1. The van der Waals surface area contributed by atoms with Crippen molar-refractivity contribution in [3.05, 3.63) is 0 Å². The van der Waals surface area contributed by atoms with Crippen LogP contribution in [0.25, 0.3) is 0 Å². The van der Waals surface area contributed by atoms with Crippen LogP contribution in [-0.2, 0) is 18.8 Å². The molecule has 14 heavy (non-hydrogen) atoms. The molecule has 0 aromatic heterocycles. The molecule has 0 unspecified atom stereocenters. The van der Waals surface area contributed by atoms with E-state index in [4.69, 9.17) is 14.6 Å². The summed E-state index contributed by atoms with van der Waals surface area (Å²) in [7, 11) is -0.374. The minimum atomic E-state index is -1.37. The lowest BCUT2D eigenvalue weighted by Gasteiger charge is -2.24. The van der Waals surface area contributed by atoms with Crippen LogP contribution in [0.3, 0.4) is 0 Å². The first-order valence-corrected chi connectivity index (χ1v) is 5.88. The zero-order valence-corrected chi connectivity index (χ0v) is 9.77. The number of aliphatic carboxylic acids is 1. The van der Waals surface area contributed by atoms with E-state index in [9.17, 15) is 9.36 Å². The molecule has 0 aliphatic heterocycles. The average Bonchev–Trinajstić information content (AvgIpc) is 2.15. The smallest absolute Gasteiger partial charge is 0.313 e. The lowest BCUT2D eigenvalue weighted by atomic mass is 10.8. The zero-order chi connectivity index (χ0) is 11.0. The van der Waals surface area contributed by atoms with Gasteiger partial charge in [0, 0.05) is 13.2 Å². The van der Waals surface area contributed by atoms with Crippen LogP contribution in [0, 0.1) is 0 Å². The Morgan fingerprint density at radius 1 is 1.43 bits per heavy atom. The highest BCUT2D eigenvalue weighted by Gasteiger charge is 2.34. The van der Waals surface area contributed by atoms with Crippen molar-refractivity contribution in [1.29, 1.82) is 0 Å². The van der Waals surface area contributed by atoms with Crippen molar-refractivity contribution in [3.8, 4) is 0 Å². The quantitative estimate of drug-likeness (QED) is 0.515. The van der Waals surface area contributed by atoms with Gasteiger partial charge in [-0.3, -0.25) is 9.36 Å². The molecule has 0 saturated carbocycles. The monoisotopic (exact) mass is 240 g/mol. The maximum Gasteiger partial charge on any atom is 0.313 e. The van der Waals surface area contributed by atoms with E-state index in [1.165, 1.54) is 0 Å². The van der Waals surface area contributed by atoms with Gasteiger partial charge in [0.1, 0.15) is 0 Å². The van der Waals surface area contributed by atoms with Gasteiger partial charge in [-0.1, -0.05) is 11.8 Å². The highest BCUT2D eigenvalue weighted by molar-refractivity contribution is 8.04. The Morgan fingerprint density at radius 2 is 1.93 bits per heavy atom. The summed E-state index contributed by atoms with van der Waals surface area (Å²) in [6.45, 7) is 4.06. The fraction of sp³-hybridized carbons (Fsp3) is 0.857. The fourth-order valence-corrected chi connectivity index (χ4v) is 2.20. The molecule has 0 saturated heterocycles. The normalized spacial score (nSPS) is 11.9. The third-order valence-corrected chi connectivity index (χ3v) is 3.23. The lowest BCUT2D eigenvalue weighted by molar-refractivity contribution is -0.134. The molecule has 1 N–H and O–H groups in total. The van der Waals surface area contributed by atoms with Crippen LogP contribution in [0.2, 0.25) is 0 Å². The fourth-order valence-electron chi connectivity index (χ4n) is 0.722. The Kier molecular flexibility index (Phi) is 7.09. The molecule has 0 fully saturated rings. The second-order valence-electron chi connectivity index (χ2n) is 2.16. The number of carbonyl (C=O) groups is 1. The van der Waals surface area contributed by atoms with E-state index in [1.54, 1.807) is 13.8 Å². The number of carboxylic acids is 1. The van der Waals surface area contributed by atoms with Gasteiger partial charge < -0.3 is 14.6 Å². The first-order chi connectivity index (χ1) is 6.60. The summed E-state index contributed by atoms with van der Waals surface area (Å²) in [5.41, 5.74) is 0. The number of hydrogen-bond acceptors (Lipinski definition) is 5. The maximum absolute atomic E-state index is 10.9. The predicted molar refractivity (Wildman–Crippen MR) is 53.7 cm³/mol. The summed E-state index contributed by atoms with van der Waals surface area (Å²) in [4.78, 5) is 8.96. The molecule has 0 rings (SSSR count). The summed E-state index contributed by atoms with van der Waals surface area (Å²) in [6, 6.07) is 0. The minimum absolute atomic E-state index is 0.213. The number of carboxylic acid groups (broad SMARTS) is 1. The Hall–Kier alpha value is -0.160. The molecule has 0 spiro atoms. The number of ether oxygens (including phenoxy) is 2. The van der Waals surface area contributed by atoms with E-state index < -0.39 is 10.8 Å². The molecule has 0 heterocycles. The van der Waals surface area contributed by atoms with E-state index in [0.29, 0.717) is 13.2 Å². The topological polar surface area (TPSA) is 72.8 Å². The van der Waals surface area contributed by atoms with E-state index in [0.717, 1.165) is 11.8 Å². The van der Waals surface area contributed by atoms with Gasteiger partial charge >= 0.3 is 10.8 Å². The third kappa shape index (κ3) is 4.91. The summed E-state index contributed by atoms with van der Waals surface area (Å²) < 4.78 is 21.1. The molecule has 82 valence electrons. The second kappa shape index (κ2) is 7.17. The predicted octanol–water partition coefficient (Wildman–Crippen LogP) is 1.78. The molecule has 7 heteroatoms. The van der Waals surface area contributed by atoms with Gasteiger partial charge in [-0.2, -0.15) is 0 Å². The van der Waals surface area contributed by atoms with E-state index in [1.807, 2.05) is 0 Å². The van der Waals surface area contributed by atoms with Crippen molar-refractivity contribution in [2.24, 2.45) is 0 Å². The zero-order valence-electron chi connectivity index (χ0n) is 8.06. The molecule has 0 amide bonds. The first kappa shape index (κ1) is 13.8.